The van der Waals surface area contributed by atoms with Crippen LogP contribution in [0.25, 0.3) is 0 Å². The highest BCUT2D eigenvalue weighted by atomic mass is 35.5. The maximum Gasteiger partial charge on any atom is 0.264 e. The second-order valence-corrected chi connectivity index (χ2v) is 13.2. The standard InChI is InChI=1S/C33H32Cl3N3O6S/c1-37-33(41)29(18-22-8-5-4-6-9-22)38(20-26-27(35)10-7-11-28(26)36)32(40)21-39(24-14-12-23(34)13-15-24)46(42,43)25-16-17-30(44-2)31(19-25)45-3/h4-17,19,29H,18,20-21H2,1-3H3,(H,37,41)/t29-/m0/s1. The highest BCUT2D eigenvalue weighted by molar-refractivity contribution is 7.92. The molecule has 0 spiro atoms. The van der Waals surface area contributed by atoms with E-state index >= 15 is 0 Å². The zero-order valence-corrected chi connectivity index (χ0v) is 28.3. The predicted octanol–water partition coefficient (Wildman–Crippen LogP) is 6.25. The molecule has 0 bridgehead atoms. The van der Waals surface area contributed by atoms with Crippen LogP contribution in [-0.4, -0.2) is 59.0 Å². The van der Waals surface area contributed by atoms with E-state index in [0.717, 1.165) is 9.87 Å². The van der Waals surface area contributed by atoms with Gasteiger partial charge in [0.05, 0.1) is 24.8 Å². The molecule has 1 N–H and O–H groups in total. The molecule has 0 radical (unpaired) electrons. The van der Waals surface area contributed by atoms with Crippen molar-refractivity contribution in [2.24, 2.45) is 0 Å². The molecule has 0 unspecified atom stereocenters. The van der Waals surface area contributed by atoms with Crippen LogP contribution in [0.1, 0.15) is 11.1 Å². The number of halogens is 3. The fourth-order valence-corrected chi connectivity index (χ4v) is 6.89. The molecule has 0 aliphatic carbocycles. The molecule has 0 heterocycles. The van der Waals surface area contributed by atoms with Crippen LogP contribution in [0.2, 0.25) is 15.1 Å². The summed E-state index contributed by atoms with van der Waals surface area (Å²) >= 11 is 19.2. The van der Waals surface area contributed by atoms with Crippen LogP contribution < -0.4 is 19.1 Å². The van der Waals surface area contributed by atoms with Gasteiger partial charge < -0.3 is 19.7 Å². The molecular formula is C33H32Cl3N3O6S. The van der Waals surface area contributed by atoms with E-state index in [9.17, 15) is 18.0 Å². The van der Waals surface area contributed by atoms with Crippen molar-refractivity contribution in [1.29, 1.82) is 0 Å². The Kier molecular flexibility index (Phi) is 11.8. The van der Waals surface area contributed by atoms with E-state index in [4.69, 9.17) is 44.3 Å². The number of sulfonamides is 1. The number of likely N-dealkylation sites (N-methyl/N-ethyl adjacent to an activating group) is 1. The van der Waals surface area contributed by atoms with Crippen molar-refractivity contribution in [2.45, 2.75) is 23.9 Å². The Bertz CT molecular complexity index is 1770. The minimum Gasteiger partial charge on any atom is -0.493 e. The number of ether oxygens (including phenoxy) is 2. The van der Waals surface area contributed by atoms with E-state index in [1.165, 1.54) is 68.6 Å². The van der Waals surface area contributed by atoms with Crippen molar-refractivity contribution in [3.05, 3.63) is 117 Å². The number of carbonyl (C=O) groups excluding carboxylic acids is 2. The molecule has 0 aliphatic rings. The predicted molar refractivity (Wildman–Crippen MR) is 181 cm³/mol. The van der Waals surface area contributed by atoms with Gasteiger partial charge in [-0.2, -0.15) is 0 Å². The third-order valence-corrected chi connectivity index (χ3v) is 9.97. The number of hydrogen-bond donors (Lipinski definition) is 1. The molecule has 9 nitrogen and oxygen atoms in total. The summed E-state index contributed by atoms with van der Waals surface area (Å²) < 4.78 is 40.1. The Labute approximate surface area is 283 Å². The second kappa shape index (κ2) is 15.6. The number of nitrogens with one attached hydrogen (secondary N) is 1. The summed E-state index contributed by atoms with van der Waals surface area (Å²) in [5.74, 6) is -0.628. The quantitative estimate of drug-likeness (QED) is 0.177. The molecule has 4 aromatic carbocycles. The number of amides is 2. The minimum absolute atomic E-state index is 0.137. The lowest BCUT2D eigenvalue weighted by molar-refractivity contribution is -0.139. The number of benzene rings is 4. The summed E-state index contributed by atoms with van der Waals surface area (Å²) in [5.41, 5.74) is 1.36. The van der Waals surface area contributed by atoms with Gasteiger partial charge in [0.1, 0.15) is 12.6 Å². The summed E-state index contributed by atoms with van der Waals surface area (Å²) in [6.07, 6.45) is 0.137. The van der Waals surface area contributed by atoms with Crippen molar-refractivity contribution >= 4 is 62.3 Å². The number of rotatable bonds is 13. The van der Waals surface area contributed by atoms with Gasteiger partial charge in [0.25, 0.3) is 10.0 Å². The van der Waals surface area contributed by atoms with E-state index in [0.29, 0.717) is 16.3 Å². The van der Waals surface area contributed by atoms with Crippen molar-refractivity contribution < 1.29 is 27.5 Å². The summed E-state index contributed by atoms with van der Waals surface area (Å²) in [4.78, 5) is 29.0. The average molecular weight is 705 g/mol. The molecule has 4 aromatic rings. The lowest BCUT2D eigenvalue weighted by atomic mass is 10.0. The smallest absolute Gasteiger partial charge is 0.264 e. The Hall–Kier alpha value is -3.96. The Morgan fingerprint density at radius 3 is 2.04 bits per heavy atom. The van der Waals surface area contributed by atoms with Crippen molar-refractivity contribution in [3.8, 4) is 11.5 Å². The van der Waals surface area contributed by atoms with Gasteiger partial charge in [0.15, 0.2) is 11.5 Å². The summed E-state index contributed by atoms with van der Waals surface area (Å²) in [6.45, 7) is -0.851. The minimum atomic E-state index is -4.40. The number of methoxy groups -OCH3 is 2. The highest BCUT2D eigenvalue weighted by Gasteiger charge is 2.35. The lowest BCUT2D eigenvalue weighted by Gasteiger charge is -2.34. The average Bonchev–Trinajstić information content (AvgIpc) is 3.06. The number of anilines is 1. The van der Waals surface area contributed by atoms with Crippen LogP contribution in [0.4, 0.5) is 5.69 Å². The zero-order chi connectivity index (χ0) is 33.4. The largest absolute Gasteiger partial charge is 0.493 e. The Balaban J connectivity index is 1.84. The number of nitrogens with zero attached hydrogens (tertiary/aromatic N) is 2. The molecular weight excluding hydrogens is 673 g/mol. The number of hydrogen-bond acceptors (Lipinski definition) is 6. The van der Waals surface area contributed by atoms with E-state index in [-0.39, 0.29) is 39.3 Å². The zero-order valence-electron chi connectivity index (χ0n) is 25.2. The normalized spacial score (nSPS) is 11.8. The molecule has 1 atom stereocenters. The van der Waals surface area contributed by atoms with E-state index in [1.807, 2.05) is 30.3 Å². The lowest BCUT2D eigenvalue weighted by Crippen LogP contribution is -2.53. The SMILES string of the molecule is CNC(=O)[C@H](Cc1ccccc1)N(Cc1c(Cl)cccc1Cl)C(=O)CN(c1ccc(Cl)cc1)S(=O)(=O)c1ccc(OC)c(OC)c1. The summed E-state index contributed by atoms with van der Waals surface area (Å²) in [5, 5.41) is 3.58. The molecule has 0 aliphatic heterocycles. The van der Waals surface area contributed by atoms with Crippen LogP contribution in [-0.2, 0) is 32.6 Å². The van der Waals surface area contributed by atoms with Gasteiger partial charge >= 0.3 is 0 Å². The first-order valence-corrected chi connectivity index (χ1v) is 16.6. The van der Waals surface area contributed by atoms with Gasteiger partial charge in [-0.25, -0.2) is 8.42 Å². The molecule has 46 heavy (non-hydrogen) atoms. The van der Waals surface area contributed by atoms with E-state index in [2.05, 4.69) is 5.32 Å². The topological polar surface area (TPSA) is 105 Å². The van der Waals surface area contributed by atoms with Crippen molar-refractivity contribution in [3.63, 3.8) is 0 Å². The van der Waals surface area contributed by atoms with Crippen LogP contribution in [0.15, 0.2) is 95.9 Å². The fourth-order valence-electron chi connectivity index (χ4n) is 4.81. The maximum atomic E-state index is 14.5. The first-order valence-electron chi connectivity index (χ1n) is 14.0. The van der Waals surface area contributed by atoms with Gasteiger partial charge in [-0.3, -0.25) is 13.9 Å². The monoisotopic (exact) mass is 703 g/mol. The van der Waals surface area contributed by atoms with E-state index < -0.39 is 34.4 Å². The van der Waals surface area contributed by atoms with Crippen molar-refractivity contribution in [1.82, 2.24) is 10.2 Å². The Morgan fingerprint density at radius 2 is 1.46 bits per heavy atom. The molecule has 2 amide bonds. The molecule has 4 rings (SSSR count). The summed E-state index contributed by atoms with van der Waals surface area (Å²) in [6, 6.07) is 23.2. The molecule has 0 fully saturated rings. The van der Waals surface area contributed by atoms with Gasteiger partial charge in [-0.1, -0.05) is 71.2 Å². The molecule has 0 saturated carbocycles. The second-order valence-electron chi connectivity index (χ2n) is 10.0. The first-order chi connectivity index (χ1) is 22.0. The van der Waals surface area contributed by atoms with Crippen LogP contribution in [0.3, 0.4) is 0 Å². The van der Waals surface area contributed by atoms with Crippen molar-refractivity contribution in [2.75, 3.05) is 32.1 Å². The first kappa shape index (κ1) is 34.9. The number of carbonyl (C=O) groups is 2. The third-order valence-electron chi connectivity index (χ3n) is 7.24. The van der Waals surface area contributed by atoms with Gasteiger partial charge in [0, 0.05) is 46.7 Å². The highest BCUT2D eigenvalue weighted by Crippen LogP contribution is 2.33. The molecule has 0 aromatic heterocycles. The van der Waals surface area contributed by atoms with E-state index in [1.54, 1.807) is 18.2 Å². The third kappa shape index (κ3) is 8.06. The van der Waals surface area contributed by atoms with Crippen LogP contribution in [0.5, 0.6) is 11.5 Å². The Morgan fingerprint density at radius 1 is 0.826 bits per heavy atom. The van der Waals surface area contributed by atoms with Gasteiger partial charge in [-0.15, -0.1) is 0 Å². The fraction of sp³-hybridized carbons (Fsp3) is 0.212. The van der Waals surface area contributed by atoms with Crippen LogP contribution in [0, 0.1) is 0 Å². The van der Waals surface area contributed by atoms with Gasteiger partial charge in [0.2, 0.25) is 11.8 Å². The molecule has 0 saturated heterocycles. The van der Waals surface area contributed by atoms with Crippen LogP contribution >= 0.6 is 34.8 Å². The molecule has 13 heteroatoms. The van der Waals surface area contributed by atoms with Gasteiger partial charge in [-0.05, 0) is 54.1 Å². The molecule has 242 valence electrons. The summed E-state index contributed by atoms with van der Waals surface area (Å²) in [7, 11) is -0.113. The maximum absolute atomic E-state index is 14.5.